The minimum Gasteiger partial charge on any atom is -0.390 e. The molecule has 6 atom stereocenters. The Morgan fingerprint density at radius 2 is 1.91 bits per heavy atom. The summed E-state index contributed by atoms with van der Waals surface area (Å²) >= 11 is 0. The van der Waals surface area contributed by atoms with Crippen molar-refractivity contribution in [3.05, 3.63) is 0 Å². The second-order valence-electron chi connectivity index (χ2n) is 9.21. The third-order valence-electron chi connectivity index (χ3n) is 7.51. The molecular formula is C18H25N3O2. The molecule has 1 amide bonds. The van der Waals surface area contributed by atoms with E-state index in [0.29, 0.717) is 24.2 Å². The Kier molecular flexibility index (Phi) is 2.65. The van der Waals surface area contributed by atoms with Crippen LogP contribution in [0.25, 0.3) is 0 Å². The summed E-state index contributed by atoms with van der Waals surface area (Å²) in [6.45, 7) is 0. The van der Waals surface area contributed by atoms with Crippen LogP contribution in [-0.2, 0) is 4.79 Å². The summed E-state index contributed by atoms with van der Waals surface area (Å²) in [4.78, 5) is 14.9. The number of nitrogens with two attached hydrogens (primary N) is 1. The van der Waals surface area contributed by atoms with Crippen LogP contribution in [0, 0.1) is 34.5 Å². The van der Waals surface area contributed by atoms with Gasteiger partial charge in [0.2, 0.25) is 5.91 Å². The molecule has 5 nitrogen and oxygen atoms in total. The Labute approximate surface area is 136 Å². The SMILES string of the molecule is N#C[C@H]1CC2C[C@H]2N1C(=O)[C@H](N)C12CC3CC(CC(O)(C3)C1)C2. The molecule has 3 unspecified atom stereocenters. The molecule has 0 aromatic heterocycles. The molecule has 0 radical (unpaired) electrons. The number of piperidine rings is 1. The predicted molar refractivity (Wildman–Crippen MR) is 82.8 cm³/mol. The second kappa shape index (κ2) is 4.29. The minimum atomic E-state index is -0.594. The van der Waals surface area contributed by atoms with Crippen LogP contribution in [0.5, 0.6) is 0 Å². The van der Waals surface area contributed by atoms with E-state index in [-0.39, 0.29) is 23.4 Å². The van der Waals surface area contributed by atoms with Gasteiger partial charge in [-0.05, 0) is 74.5 Å². The van der Waals surface area contributed by atoms with E-state index in [9.17, 15) is 15.2 Å². The monoisotopic (exact) mass is 315 g/mol. The smallest absolute Gasteiger partial charge is 0.241 e. The quantitative estimate of drug-likeness (QED) is 0.800. The molecule has 124 valence electrons. The molecule has 4 bridgehead atoms. The first kappa shape index (κ1) is 14.2. The maximum Gasteiger partial charge on any atom is 0.241 e. The van der Waals surface area contributed by atoms with Crippen molar-refractivity contribution in [2.75, 3.05) is 0 Å². The lowest BCUT2D eigenvalue weighted by molar-refractivity contribution is -0.177. The highest BCUT2D eigenvalue weighted by molar-refractivity contribution is 5.84. The molecule has 0 spiro atoms. The molecule has 1 heterocycles. The van der Waals surface area contributed by atoms with Gasteiger partial charge in [-0.2, -0.15) is 5.26 Å². The first-order chi connectivity index (χ1) is 10.9. The number of nitrogens with zero attached hydrogens (tertiary/aromatic N) is 2. The first-order valence-electron chi connectivity index (χ1n) is 9.13. The maximum absolute atomic E-state index is 13.1. The van der Waals surface area contributed by atoms with Gasteiger partial charge in [0.1, 0.15) is 6.04 Å². The molecule has 5 aliphatic carbocycles. The van der Waals surface area contributed by atoms with Crippen LogP contribution >= 0.6 is 0 Å². The third kappa shape index (κ3) is 1.88. The number of likely N-dealkylation sites (tertiary alicyclic amines) is 1. The Balaban J connectivity index is 1.43. The number of carbonyl (C=O) groups excluding carboxylic acids is 1. The third-order valence-corrected chi connectivity index (χ3v) is 7.51. The van der Waals surface area contributed by atoms with Crippen LogP contribution < -0.4 is 5.73 Å². The van der Waals surface area contributed by atoms with Gasteiger partial charge in [0, 0.05) is 6.04 Å². The summed E-state index contributed by atoms with van der Waals surface area (Å²) in [5.74, 6) is 1.56. The van der Waals surface area contributed by atoms with E-state index >= 15 is 0 Å². The van der Waals surface area contributed by atoms with Gasteiger partial charge in [-0.1, -0.05) is 0 Å². The molecule has 23 heavy (non-hydrogen) atoms. The molecule has 0 aromatic carbocycles. The van der Waals surface area contributed by atoms with Gasteiger partial charge in [0.05, 0.1) is 17.7 Å². The number of hydrogen-bond donors (Lipinski definition) is 2. The predicted octanol–water partition coefficient (Wildman–Crippen LogP) is 1.16. The van der Waals surface area contributed by atoms with E-state index in [4.69, 9.17) is 5.73 Å². The number of hydrogen-bond acceptors (Lipinski definition) is 4. The first-order valence-corrected chi connectivity index (χ1v) is 9.13. The van der Waals surface area contributed by atoms with E-state index in [1.807, 2.05) is 0 Å². The zero-order valence-corrected chi connectivity index (χ0v) is 13.4. The Bertz CT molecular complexity index is 598. The van der Waals surface area contributed by atoms with Crippen LogP contribution in [0.15, 0.2) is 0 Å². The van der Waals surface area contributed by atoms with E-state index < -0.39 is 11.6 Å². The van der Waals surface area contributed by atoms with Crippen LogP contribution in [0.3, 0.4) is 0 Å². The van der Waals surface area contributed by atoms with Gasteiger partial charge in [-0.25, -0.2) is 0 Å². The topological polar surface area (TPSA) is 90.4 Å². The van der Waals surface area contributed by atoms with E-state index in [1.54, 1.807) is 4.90 Å². The molecular weight excluding hydrogens is 290 g/mol. The number of carbonyl (C=O) groups is 1. The molecule has 0 aromatic rings. The highest BCUT2D eigenvalue weighted by Crippen LogP contribution is 2.63. The van der Waals surface area contributed by atoms with E-state index in [0.717, 1.165) is 38.5 Å². The number of fused-ring (bicyclic) bond motifs is 1. The number of aliphatic hydroxyl groups is 1. The number of nitriles is 1. The fourth-order valence-electron chi connectivity index (χ4n) is 6.96. The van der Waals surface area contributed by atoms with Crippen LogP contribution in [-0.4, -0.2) is 39.6 Å². The zero-order chi connectivity index (χ0) is 16.0. The standard InChI is InChI=1S/C18H25N3O2/c19-8-13-2-12-3-14(12)21(13)16(22)15(20)17-4-10-1-11(5-17)7-18(23,6-10)9-17/h10-15,23H,1-7,9,20H2/t10?,11?,12?,13-,14-,15+,17?,18?/m1/s1. The van der Waals surface area contributed by atoms with Crippen molar-refractivity contribution in [1.29, 1.82) is 5.26 Å². The summed E-state index contributed by atoms with van der Waals surface area (Å²) in [6, 6.07) is 1.72. The summed E-state index contributed by atoms with van der Waals surface area (Å²) in [5.41, 5.74) is 5.71. The Morgan fingerprint density at radius 1 is 1.22 bits per heavy atom. The van der Waals surface area contributed by atoms with Crippen molar-refractivity contribution in [3.63, 3.8) is 0 Å². The highest BCUT2D eigenvalue weighted by atomic mass is 16.3. The van der Waals surface area contributed by atoms with Crippen LogP contribution in [0.2, 0.25) is 0 Å². The normalized spacial score (nSPS) is 53.8. The van der Waals surface area contributed by atoms with Crippen LogP contribution in [0.1, 0.15) is 51.4 Å². The lowest BCUT2D eigenvalue weighted by Gasteiger charge is -2.61. The summed E-state index contributed by atoms with van der Waals surface area (Å²) < 4.78 is 0. The Hall–Kier alpha value is -1.12. The highest BCUT2D eigenvalue weighted by Gasteiger charge is 2.62. The molecule has 1 aliphatic heterocycles. The molecule has 1 saturated heterocycles. The summed E-state index contributed by atoms with van der Waals surface area (Å²) in [7, 11) is 0. The van der Waals surface area contributed by atoms with Crippen LogP contribution in [0.4, 0.5) is 0 Å². The van der Waals surface area contributed by atoms with Gasteiger partial charge >= 0.3 is 0 Å². The van der Waals surface area contributed by atoms with Crippen molar-refractivity contribution >= 4 is 5.91 Å². The lowest BCUT2D eigenvalue weighted by atomic mass is 9.46. The number of rotatable bonds is 2. The molecule has 5 saturated carbocycles. The van der Waals surface area contributed by atoms with Crippen molar-refractivity contribution in [2.24, 2.45) is 28.9 Å². The Morgan fingerprint density at radius 3 is 2.52 bits per heavy atom. The molecule has 6 aliphatic rings. The molecule has 6 rings (SSSR count). The molecule has 5 heteroatoms. The molecule has 3 N–H and O–H groups in total. The van der Waals surface area contributed by atoms with Gasteiger partial charge < -0.3 is 15.7 Å². The van der Waals surface area contributed by atoms with Crippen molar-refractivity contribution in [3.8, 4) is 6.07 Å². The number of amides is 1. The average Bonchev–Trinajstić information content (AvgIpc) is 3.14. The van der Waals surface area contributed by atoms with Gasteiger partial charge in [-0.3, -0.25) is 4.79 Å². The fourth-order valence-corrected chi connectivity index (χ4v) is 6.96. The average molecular weight is 315 g/mol. The van der Waals surface area contributed by atoms with E-state index in [1.165, 1.54) is 6.42 Å². The van der Waals surface area contributed by atoms with Crippen molar-refractivity contribution < 1.29 is 9.90 Å². The minimum absolute atomic E-state index is 0.0212. The van der Waals surface area contributed by atoms with Crippen molar-refractivity contribution in [2.45, 2.75) is 75.1 Å². The van der Waals surface area contributed by atoms with Crippen molar-refractivity contribution in [1.82, 2.24) is 4.90 Å². The van der Waals surface area contributed by atoms with Gasteiger partial charge in [0.15, 0.2) is 0 Å². The zero-order valence-electron chi connectivity index (χ0n) is 13.4. The van der Waals surface area contributed by atoms with E-state index in [2.05, 4.69) is 6.07 Å². The fraction of sp³-hybridized carbons (Fsp3) is 0.889. The summed E-state index contributed by atoms with van der Waals surface area (Å²) in [6.07, 6.45) is 7.48. The maximum atomic E-state index is 13.1. The largest absolute Gasteiger partial charge is 0.390 e. The van der Waals surface area contributed by atoms with Gasteiger partial charge in [0.25, 0.3) is 0 Å². The lowest BCUT2D eigenvalue weighted by Crippen LogP contribution is -2.64. The van der Waals surface area contributed by atoms with Gasteiger partial charge in [-0.15, -0.1) is 0 Å². The summed E-state index contributed by atoms with van der Waals surface area (Å²) in [5, 5.41) is 20.2. The second-order valence-corrected chi connectivity index (χ2v) is 9.21. The molecule has 6 fully saturated rings.